The van der Waals surface area contributed by atoms with Crippen LogP contribution in [0.25, 0.3) is 6.08 Å². The second-order valence-electron chi connectivity index (χ2n) is 6.42. The van der Waals surface area contributed by atoms with Crippen LogP contribution < -0.4 is 4.74 Å². The number of carbonyl (C=O) groups is 1. The van der Waals surface area contributed by atoms with Gasteiger partial charge in [0, 0.05) is 5.70 Å². The molecule has 0 atom stereocenters. The fourth-order valence-corrected chi connectivity index (χ4v) is 3.98. The predicted octanol–water partition coefficient (Wildman–Crippen LogP) is 5.23. The minimum atomic E-state index is -0.454. The molecule has 0 fully saturated rings. The number of fused-ring (bicyclic) bond motifs is 1. The normalized spacial score (nSPS) is 17.3. The molecule has 0 aliphatic carbocycles. The summed E-state index contributed by atoms with van der Waals surface area (Å²) >= 11 is 7.65. The average Bonchev–Trinajstić information content (AvgIpc) is 3.06. The lowest BCUT2D eigenvalue weighted by Gasteiger charge is -2.25. The predicted molar refractivity (Wildman–Crippen MR) is 114 cm³/mol. The van der Waals surface area contributed by atoms with E-state index in [1.807, 2.05) is 12.3 Å². The fourth-order valence-electron chi connectivity index (χ4n) is 2.87. The first-order valence-electron chi connectivity index (χ1n) is 8.66. The maximum Gasteiger partial charge on any atom is 0.283 e. The lowest BCUT2D eigenvalue weighted by molar-refractivity contribution is -0.114. The second kappa shape index (κ2) is 7.85. The van der Waals surface area contributed by atoms with Crippen molar-refractivity contribution in [3.05, 3.63) is 81.1 Å². The first-order chi connectivity index (χ1) is 13.9. The van der Waals surface area contributed by atoms with Gasteiger partial charge in [0.25, 0.3) is 5.91 Å². The van der Waals surface area contributed by atoms with E-state index in [1.165, 1.54) is 23.9 Å². The van der Waals surface area contributed by atoms with E-state index in [9.17, 15) is 9.18 Å². The Morgan fingerprint density at radius 3 is 2.76 bits per heavy atom. The number of rotatable bonds is 4. The van der Waals surface area contributed by atoms with Gasteiger partial charge in [0.15, 0.2) is 5.17 Å². The Morgan fingerprint density at radius 1 is 1.28 bits per heavy atom. The molecule has 5 nitrogen and oxygen atoms in total. The van der Waals surface area contributed by atoms with Gasteiger partial charge < -0.3 is 4.74 Å². The Labute approximate surface area is 176 Å². The molecule has 146 valence electrons. The molecule has 0 spiro atoms. The molecule has 0 bridgehead atoms. The van der Waals surface area contributed by atoms with Gasteiger partial charge in [-0.25, -0.2) is 4.39 Å². The number of nitrogens with zero attached hydrogens (tertiary/aromatic N) is 2. The largest absolute Gasteiger partial charge is 0.487 e. The summed E-state index contributed by atoms with van der Waals surface area (Å²) in [4.78, 5) is 18.0. The number of amides is 1. The Morgan fingerprint density at radius 2 is 2.03 bits per heavy atom. The summed E-state index contributed by atoms with van der Waals surface area (Å²) in [6.07, 6.45) is 1.59. The van der Waals surface area contributed by atoms with E-state index >= 15 is 0 Å². The van der Waals surface area contributed by atoms with Crippen molar-refractivity contribution < 1.29 is 13.9 Å². The molecule has 2 aliphatic rings. The number of ether oxygens (including phenoxy) is 1. The molecular weight excluding hydrogens is 413 g/mol. The number of amidine groups is 2. The SMILES string of the molecule is CC1=CSC2=NC(=O)/C(=C\c3ccc(OCc4ccc(F)cc4)c(Cl)c3)C(=N)N12. The molecule has 2 aliphatic heterocycles. The molecule has 1 amide bonds. The van der Waals surface area contributed by atoms with E-state index < -0.39 is 5.91 Å². The van der Waals surface area contributed by atoms with Crippen molar-refractivity contribution in [3.8, 4) is 5.75 Å². The zero-order valence-electron chi connectivity index (χ0n) is 15.3. The lowest BCUT2D eigenvalue weighted by Crippen LogP contribution is -2.37. The van der Waals surface area contributed by atoms with Crippen molar-refractivity contribution in [2.75, 3.05) is 0 Å². The number of thioether (sulfide) groups is 1. The van der Waals surface area contributed by atoms with E-state index in [2.05, 4.69) is 4.99 Å². The fraction of sp³-hybridized carbons (Fsp3) is 0.0952. The lowest BCUT2D eigenvalue weighted by atomic mass is 10.1. The van der Waals surface area contributed by atoms with E-state index in [0.29, 0.717) is 21.5 Å². The maximum atomic E-state index is 13.0. The molecule has 2 aromatic carbocycles. The number of hydrogen-bond acceptors (Lipinski definition) is 4. The summed E-state index contributed by atoms with van der Waals surface area (Å²) in [5, 5.41) is 11.1. The van der Waals surface area contributed by atoms with Gasteiger partial charge in [0.1, 0.15) is 24.0 Å². The van der Waals surface area contributed by atoms with Crippen LogP contribution in [0, 0.1) is 11.2 Å². The third kappa shape index (κ3) is 3.97. The number of halogens is 2. The number of benzene rings is 2. The summed E-state index contributed by atoms with van der Waals surface area (Å²) in [6.45, 7) is 2.11. The Hall–Kier alpha value is -2.90. The van der Waals surface area contributed by atoms with E-state index in [4.69, 9.17) is 21.7 Å². The highest BCUT2D eigenvalue weighted by Crippen LogP contribution is 2.33. The minimum absolute atomic E-state index is 0.0894. The molecular formula is C21H15ClFN3O2S. The zero-order chi connectivity index (χ0) is 20.5. The van der Waals surface area contributed by atoms with Gasteiger partial charge in [-0.1, -0.05) is 41.6 Å². The number of allylic oxidation sites excluding steroid dienone is 1. The molecule has 0 radical (unpaired) electrons. The van der Waals surface area contributed by atoms with Crippen LogP contribution in [0.4, 0.5) is 4.39 Å². The topological polar surface area (TPSA) is 65.8 Å². The van der Waals surface area contributed by atoms with Crippen LogP contribution in [0.5, 0.6) is 5.75 Å². The van der Waals surface area contributed by atoms with Crippen LogP contribution in [0.15, 0.2) is 64.1 Å². The molecule has 2 heterocycles. The quantitative estimate of drug-likeness (QED) is 0.679. The Bertz CT molecular complexity index is 1110. The highest BCUT2D eigenvalue weighted by molar-refractivity contribution is 8.16. The van der Waals surface area contributed by atoms with Gasteiger partial charge in [0.2, 0.25) is 0 Å². The number of aliphatic imine (C=N–C) groups is 1. The molecule has 2 aromatic rings. The van der Waals surface area contributed by atoms with Crippen molar-refractivity contribution in [2.24, 2.45) is 4.99 Å². The summed E-state index contributed by atoms with van der Waals surface area (Å²) in [5.74, 6) is -0.198. The molecule has 8 heteroatoms. The molecule has 0 saturated carbocycles. The highest BCUT2D eigenvalue weighted by Gasteiger charge is 2.33. The first kappa shape index (κ1) is 19.4. The third-order valence-corrected chi connectivity index (χ3v) is 5.60. The van der Waals surface area contributed by atoms with Crippen LogP contribution in [0.3, 0.4) is 0 Å². The molecule has 0 aromatic heterocycles. The van der Waals surface area contributed by atoms with Crippen molar-refractivity contribution in [1.82, 2.24) is 4.90 Å². The number of carbonyl (C=O) groups excluding carboxylic acids is 1. The van der Waals surface area contributed by atoms with Crippen molar-refractivity contribution in [3.63, 3.8) is 0 Å². The van der Waals surface area contributed by atoms with Gasteiger partial charge in [-0.05, 0) is 53.8 Å². The van der Waals surface area contributed by atoms with Crippen molar-refractivity contribution in [2.45, 2.75) is 13.5 Å². The Balaban J connectivity index is 1.53. The molecule has 0 saturated heterocycles. The first-order valence-corrected chi connectivity index (χ1v) is 9.92. The Kier molecular flexibility index (Phi) is 5.25. The smallest absolute Gasteiger partial charge is 0.283 e. The van der Waals surface area contributed by atoms with Crippen LogP contribution >= 0.6 is 23.4 Å². The summed E-state index contributed by atoms with van der Waals surface area (Å²) in [7, 11) is 0. The van der Waals surface area contributed by atoms with Gasteiger partial charge >= 0.3 is 0 Å². The number of nitrogens with one attached hydrogen (secondary N) is 1. The molecule has 4 rings (SSSR count). The van der Waals surface area contributed by atoms with E-state index in [0.717, 1.165) is 11.3 Å². The zero-order valence-corrected chi connectivity index (χ0v) is 16.9. The van der Waals surface area contributed by atoms with Crippen LogP contribution in [-0.2, 0) is 11.4 Å². The number of hydrogen-bond donors (Lipinski definition) is 1. The van der Waals surface area contributed by atoms with Gasteiger partial charge in [-0.3, -0.25) is 15.1 Å². The monoisotopic (exact) mass is 427 g/mol. The standard InChI is InChI=1S/C21H15ClFN3O2S/c1-12-11-29-21-25-20(27)16(19(24)26(12)21)8-14-4-7-18(17(22)9-14)28-10-13-2-5-15(23)6-3-13/h2-9,11,24H,10H2,1H3/b16-8-,24-19?. The second-order valence-corrected chi connectivity index (χ2v) is 7.67. The van der Waals surface area contributed by atoms with Crippen molar-refractivity contribution in [1.29, 1.82) is 5.41 Å². The van der Waals surface area contributed by atoms with Crippen LogP contribution in [-0.4, -0.2) is 21.8 Å². The van der Waals surface area contributed by atoms with Crippen LogP contribution in [0.1, 0.15) is 18.1 Å². The minimum Gasteiger partial charge on any atom is -0.487 e. The van der Waals surface area contributed by atoms with Gasteiger partial charge in [-0.15, -0.1) is 0 Å². The van der Waals surface area contributed by atoms with E-state index in [1.54, 1.807) is 41.3 Å². The van der Waals surface area contributed by atoms with E-state index in [-0.39, 0.29) is 23.8 Å². The molecule has 0 unspecified atom stereocenters. The third-order valence-electron chi connectivity index (χ3n) is 4.36. The highest BCUT2D eigenvalue weighted by atomic mass is 35.5. The summed E-state index contributed by atoms with van der Waals surface area (Å²) in [6, 6.07) is 11.1. The van der Waals surface area contributed by atoms with Gasteiger partial charge in [-0.2, -0.15) is 4.99 Å². The van der Waals surface area contributed by atoms with Crippen LogP contribution in [0.2, 0.25) is 5.02 Å². The summed E-state index contributed by atoms with van der Waals surface area (Å²) < 4.78 is 18.7. The summed E-state index contributed by atoms with van der Waals surface area (Å²) in [5.41, 5.74) is 2.51. The maximum absolute atomic E-state index is 13.0. The molecule has 1 N–H and O–H groups in total. The van der Waals surface area contributed by atoms with Crippen molar-refractivity contribution >= 4 is 46.3 Å². The van der Waals surface area contributed by atoms with Gasteiger partial charge in [0.05, 0.1) is 10.6 Å². The average molecular weight is 428 g/mol. The molecule has 29 heavy (non-hydrogen) atoms.